The number of carbonyl (C=O) groups is 1. The maximum Gasteiger partial charge on any atom is 0.150 e. The molecule has 16 heavy (non-hydrogen) atoms. The number of carbonyl (C=O) groups excluding carboxylic acids is 1. The summed E-state index contributed by atoms with van der Waals surface area (Å²) < 4.78 is 26.3. The lowest BCUT2D eigenvalue weighted by Gasteiger charge is -2.06. The van der Waals surface area contributed by atoms with Gasteiger partial charge in [0.1, 0.15) is 11.6 Å². The van der Waals surface area contributed by atoms with Gasteiger partial charge in [-0.15, -0.1) is 0 Å². The largest absolute Gasteiger partial charge is 0.298 e. The van der Waals surface area contributed by atoms with Crippen molar-refractivity contribution in [3.63, 3.8) is 0 Å². The minimum atomic E-state index is -0.490. The van der Waals surface area contributed by atoms with Gasteiger partial charge in [0.25, 0.3) is 0 Å². The first-order chi connectivity index (χ1) is 7.72. The van der Waals surface area contributed by atoms with Gasteiger partial charge in [0, 0.05) is 11.1 Å². The van der Waals surface area contributed by atoms with Gasteiger partial charge in [-0.2, -0.15) is 0 Å². The molecule has 0 atom stereocenters. The molecule has 2 rings (SSSR count). The SMILES string of the molecule is O=Cc1cccc(F)c1-c1ccc(F)cc1. The molecule has 1 nitrogen and oxygen atoms in total. The van der Waals surface area contributed by atoms with E-state index >= 15 is 0 Å². The van der Waals surface area contributed by atoms with Crippen LogP contribution in [0.5, 0.6) is 0 Å². The van der Waals surface area contributed by atoms with Crippen LogP contribution in [0, 0.1) is 11.6 Å². The van der Waals surface area contributed by atoms with Crippen LogP contribution in [0.2, 0.25) is 0 Å². The van der Waals surface area contributed by atoms with Crippen LogP contribution in [0.1, 0.15) is 10.4 Å². The van der Waals surface area contributed by atoms with Crippen LogP contribution in [0.4, 0.5) is 8.78 Å². The van der Waals surface area contributed by atoms with Gasteiger partial charge in [0.15, 0.2) is 6.29 Å². The molecule has 2 aromatic carbocycles. The maximum absolute atomic E-state index is 13.6. The molecule has 0 aliphatic heterocycles. The van der Waals surface area contributed by atoms with Gasteiger partial charge < -0.3 is 0 Å². The molecule has 0 saturated carbocycles. The summed E-state index contributed by atoms with van der Waals surface area (Å²) in [6.45, 7) is 0. The van der Waals surface area contributed by atoms with Crippen molar-refractivity contribution in [1.82, 2.24) is 0 Å². The monoisotopic (exact) mass is 218 g/mol. The molecule has 0 heterocycles. The Balaban J connectivity index is 2.63. The van der Waals surface area contributed by atoms with Gasteiger partial charge in [0.2, 0.25) is 0 Å². The van der Waals surface area contributed by atoms with Gasteiger partial charge in [-0.1, -0.05) is 24.3 Å². The summed E-state index contributed by atoms with van der Waals surface area (Å²) in [7, 11) is 0. The van der Waals surface area contributed by atoms with E-state index < -0.39 is 11.6 Å². The second-order valence-corrected chi connectivity index (χ2v) is 3.33. The van der Waals surface area contributed by atoms with Crippen LogP contribution in [-0.4, -0.2) is 6.29 Å². The third kappa shape index (κ3) is 1.84. The summed E-state index contributed by atoms with van der Waals surface area (Å²) in [6, 6.07) is 9.61. The van der Waals surface area contributed by atoms with E-state index in [0.717, 1.165) is 0 Å². The molecule has 80 valence electrons. The predicted octanol–water partition coefficient (Wildman–Crippen LogP) is 3.44. The van der Waals surface area contributed by atoms with E-state index in [4.69, 9.17) is 0 Å². The van der Waals surface area contributed by atoms with E-state index in [0.29, 0.717) is 11.8 Å². The second kappa shape index (κ2) is 4.23. The van der Waals surface area contributed by atoms with Crippen molar-refractivity contribution in [2.24, 2.45) is 0 Å². The Kier molecular flexibility index (Phi) is 2.77. The highest BCUT2D eigenvalue weighted by Gasteiger charge is 2.09. The molecule has 0 radical (unpaired) electrons. The van der Waals surface area contributed by atoms with Crippen molar-refractivity contribution < 1.29 is 13.6 Å². The molecule has 0 N–H and O–H groups in total. The molecule has 0 saturated heterocycles. The highest BCUT2D eigenvalue weighted by Crippen LogP contribution is 2.25. The number of rotatable bonds is 2. The van der Waals surface area contributed by atoms with Crippen molar-refractivity contribution >= 4 is 6.29 Å². The van der Waals surface area contributed by atoms with Crippen molar-refractivity contribution in [3.05, 3.63) is 59.7 Å². The molecule has 0 fully saturated rings. The predicted molar refractivity (Wildman–Crippen MR) is 57.2 cm³/mol. The van der Waals surface area contributed by atoms with E-state index in [9.17, 15) is 13.6 Å². The van der Waals surface area contributed by atoms with E-state index in [-0.39, 0.29) is 11.1 Å². The highest BCUT2D eigenvalue weighted by atomic mass is 19.1. The Labute approximate surface area is 91.3 Å². The van der Waals surface area contributed by atoms with Crippen molar-refractivity contribution in [2.45, 2.75) is 0 Å². The Hall–Kier alpha value is -2.03. The minimum Gasteiger partial charge on any atom is -0.298 e. The Morgan fingerprint density at radius 2 is 1.62 bits per heavy atom. The zero-order valence-corrected chi connectivity index (χ0v) is 8.28. The molecule has 0 bridgehead atoms. The third-order valence-electron chi connectivity index (χ3n) is 2.31. The van der Waals surface area contributed by atoms with Crippen LogP contribution in [0.3, 0.4) is 0 Å². The second-order valence-electron chi connectivity index (χ2n) is 3.33. The molecule has 0 unspecified atom stereocenters. The summed E-state index contributed by atoms with van der Waals surface area (Å²) >= 11 is 0. The van der Waals surface area contributed by atoms with Gasteiger partial charge in [0.05, 0.1) is 0 Å². The molecule has 0 aliphatic rings. The van der Waals surface area contributed by atoms with Crippen LogP contribution in [-0.2, 0) is 0 Å². The molecular weight excluding hydrogens is 210 g/mol. The first-order valence-corrected chi connectivity index (χ1v) is 4.72. The zero-order valence-electron chi connectivity index (χ0n) is 8.28. The topological polar surface area (TPSA) is 17.1 Å². The average molecular weight is 218 g/mol. The summed E-state index contributed by atoms with van der Waals surface area (Å²) in [4.78, 5) is 10.8. The first kappa shape index (κ1) is 10.5. The molecular formula is C13H8F2O. The fraction of sp³-hybridized carbons (Fsp3) is 0. The average Bonchev–Trinajstić information content (AvgIpc) is 2.30. The number of benzene rings is 2. The van der Waals surface area contributed by atoms with Crippen LogP contribution < -0.4 is 0 Å². The third-order valence-corrected chi connectivity index (χ3v) is 2.31. The van der Waals surface area contributed by atoms with Crippen molar-refractivity contribution in [3.8, 4) is 11.1 Å². The van der Waals surface area contributed by atoms with E-state index in [1.807, 2.05) is 0 Å². The summed E-state index contributed by atoms with van der Waals surface area (Å²) in [6.07, 6.45) is 0.585. The lowest BCUT2D eigenvalue weighted by molar-refractivity contribution is 0.112. The van der Waals surface area contributed by atoms with E-state index in [1.54, 1.807) is 0 Å². The van der Waals surface area contributed by atoms with Crippen LogP contribution in [0.25, 0.3) is 11.1 Å². The Bertz CT molecular complexity index is 518. The van der Waals surface area contributed by atoms with Gasteiger partial charge in [-0.3, -0.25) is 4.79 Å². The number of aldehydes is 1. The van der Waals surface area contributed by atoms with Gasteiger partial charge in [-0.05, 0) is 23.8 Å². The van der Waals surface area contributed by atoms with E-state index in [1.165, 1.54) is 42.5 Å². The van der Waals surface area contributed by atoms with Crippen LogP contribution in [0.15, 0.2) is 42.5 Å². The summed E-state index contributed by atoms with van der Waals surface area (Å²) in [5.41, 5.74) is 0.950. The van der Waals surface area contributed by atoms with Gasteiger partial charge >= 0.3 is 0 Å². The number of hydrogen-bond acceptors (Lipinski definition) is 1. The highest BCUT2D eigenvalue weighted by molar-refractivity contribution is 5.87. The number of hydrogen-bond donors (Lipinski definition) is 0. The lowest BCUT2D eigenvalue weighted by Crippen LogP contribution is -1.91. The standard InChI is InChI=1S/C13H8F2O/c14-11-6-4-9(5-7-11)13-10(8-16)2-1-3-12(13)15/h1-8H. The quantitative estimate of drug-likeness (QED) is 0.705. The molecule has 0 aliphatic carbocycles. The Morgan fingerprint density at radius 3 is 2.25 bits per heavy atom. The van der Waals surface area contributed by atoms with Crippen molar-refractivity contribution in [1.29, 1.82) is 0 Å². The lowest BCUT2D eigenvalue weighted by atomic mass is 10.00. The molecule has 0 aromatic heterocycles. The molecule has 0 spiro atoms. The molecule has 2 aromatic rings. The molecule has 0 amide bonds. The number of halogens is 2. The van der Waals surface area contributed by atoms with Crippen LogP contribution >= 0.6 is 0 Å². The van der Waals surface area contributed by atoms with Crippen molar-refractivity contribution in [2.75, 3.05) is 0 Å². The van der Waals surface area contributed by atoms with E-state index in [2.05, 4.69) is 0 Å². The smallest absolute Gasteiger partial charge is 0.150 e. The molecule has 3 heteroatoms. The Morgan fingerprint density at radius 1 is 0.938 bits per heavy atom. The fourth-order valence-corrected chi connectivity index (χ4v) is 1.56. The maximum atomic E-state index is 13.6. The zero-order chi connectivity index (χ0) is 11.5. The minimum absolute atomic E-state index is 0.206. The first-order valence-electron chi connectivity index (χ1n) is 4.72. The fourth-order valence-electron chi connectivity index (χ4n) is 1.56. The summed E-state index contributed by atoms with van der Waals surface area (Å²) in [5, 5.41) is 0. The van der Waals surface area contributed by atoms with Gasteiger partial charge in [-0.25, -0.2) is 8.78 Å². The normalized spacial score (nSPS) is 10.1. The summed E-state index contributed by atoms with van der Waals surface area (Å²) in [5.74, 6) is -0.885.